The van der Waals surface area contributed by atoms with Crippen molar-refractivity contribution in [3.05, 3.63) is 0 Å². The van der Waals surface area contributed by atoms with Crippen LogP contribution >= 0.6 is 0 Å². The van der Waals surface area contributed by atoms with Crippen LogP contribution < -0.4 is 5.32 Å². The maximum absolute atomic E-state index is 5.13. The highest BCUT2D eigenvalue weighted by atomic mass is 16.5. The van der Waals surface area contributed by atoms with E-state index in [0.29, 0.717) is 26.6 Å². The number of nitrogens with one attached hydrogen (secondary N) is 1. The summed E-state index contributed by atoms with van der Waals surface area (Å²) < 4.78 is 14.7. The van der Waals surface area contributed by atoms with Crippen LogP contribution in [0, 0.1) is 0 Å². The van der Waals surface area contributed by atoms with Gasteiger partial charge in [0.2, 0.25) is 0 Å². The summed E-state index contributed by atoms with van der Waals surface area (Å²) in [5.41, 5.74) is 0. The minimum atomic E-state index is 0.562. The Morgan fingerprint density at radius 2 is 1.73 bits per heavy atom. The number of hydrogen-bond donors (Lipinski definition) is 1. The maximum atomic E-state index is 5.13. The average molecular weight is 163 g/mol. The van der Waals surface area contributed by atoms with Gasteiger partial charge in [-0.25, -0.2) is 0 Å². The van der Waals surface area contributed by atoms with Gasteiger partial charge in [0.05, 0.1) is 26.6 Å². The summed E-state index contributed by atoms with van der Waals surface area (Å²) in [7, 11) is 3.33. The second-order valence-corrected chi connectivity index (χ2v) is 2.04. The molecule has 0 aliphatic carbocycles. The molecule has 4 heteroatoms. The van der Waals surface area contributed by atoms with Gasteiger partial charge >= 0.3 is 0 Å². The van der Waals surface area contributed by atoms with Crippen LogP contribution in [0.1, 0.15) is 0 Å². The fourth-order valence-corrected chi connectivity index (χ4v) is 0.533. The Morgan fingerprint density at radius 3 is 2.36 bits per heavy atom. The van der Waals surface area contributed by atoms with Crippen molar-refractivity contribution in [2.45, 2.75) is 0 Å². The van der Waals surface area contributed by atoms with Crippen LogP contribution in [-0.4, -0.2) is 47.3 Å². The smallest absolute Gasteiger partial charge is 0.0967 e. The molecule has 0 aromatic heterocycles. The van der Waals surface area contributed by atoms with E-state index in [9.17, 15) is 0 Å². The lowest BCUT2D eigenvalue weighted by Crippen LogP contribution is -2.23. The maximum Gasteiger partial charge on any atom is 0.0967 e. The van der Waals surface area contributed by atoms with Crippen molar-refractivity contribution in [3.63, 3.8) is 0 Å². The Morgan fingerprint density at radius 1 is 1.00 bits per heavy atom. The van der Waals surface area contributed by atoms with Gasteiger partial charge in [-0.1, -0.05) is 0 Å². The topological polar surface area (TPSA) is 39.7 Å². The zero-order valence-electron chi connectivity index (χ0n) is 7.26. The first-order valence-corrected chi connectivity index (χ1v) is 3.68. The molecule has 0 atom stereocenters. The van der Waals surface area contributed by atoms with Crippen LogP contribution in [0.15, 0.2) is 0 Å². The highest BCUT2D eigenvalue weighted by Gasteiger charge is 1.86. The third-order valence-electron chi connectivity index (χ3n) is 1.12. The second kappa shape index (κ2) is 9.84. The zero-order valence-corrected chi connectivity index (χ0v) is 7.26. The fraction of sp³-hybridized carbons (Fsp3) is 1.00. The van der Waals surface area contributed by atoms with Crippen molar-refractivity contribution in [3.8, 4) is 0 Å². The molecule has 0 aromatic rings. The van der Waals surface area contributed by atoms with Crippen molar-refractivity contribution >= 4 is 0 Å². The number of ether oxygens (including phenoxy) is 3. The standard InChI is InChI=1S/C7H17NO3/c1-9-4-3-8-7-11-6-5-10-2/h8H,3-7H2,1-2H3. The third-order valence-corrected chi connectivity index (χ3v) is 1.12. The first-order valence-electron chi connectivity index (χ1n) is 3.68. The first kappa shape index (κ1) is 10.8. The summed E-state index contributed by atoms with van der Waals surface area (Å²) in [4.78, 5) is 0. The van der Waals surface area contributed by atoms with Gasteiger partial charge in [0, 0.05) is 20.8 Å². The van der Waals surface area contributed by atoms with Crippen molar-refractivity contribution in [2.24, 2.45) is 0 Å². The molecule has 0 fully saturated rings. The van der Waals surface area contributed by atoms with Gasteiger partial charge < -0.3 is 14.2 Å². The van der Waals surface area contributed by atoms with Crippen LogP contribution in [0.3, 0.4) is 0 Å². The Labute approximate surface area is 67.8 Å². The zero-order chi connectivity index (χ0) is 8.36. The molecule has 0 saturated carbocycles. The molecule has 0 saturated heterocycles. The van der Waals surface area contributed by atoms with Crippen LogP contribution in [0.5, 0.6) is 0 Å². The summed E-state index contributed by atoms with van der Waals surface area (Å²) >= 11 is 0. The van der Waals surface area contributed by atoms with Gasteiger partial charge in [-0.3, -0.25) is 5.32 Å². The highest BCUT2D eigenvalue weighted by Crippen LogP contribution is 1.72. The molecule has 0 radical (unpaired) electrons. The van der Waals surface area contributed by atoms with Crippen molar-refractivity contribution in [2.75, 3.05) is 47.3 Å². The quantitative estimate of drug-likeness (QED) is 0.399. The molecule has 0 spiro atoms. The summed E-state index contributed by atoms with van der Waals surface area (Å²) in [6.07, 6.45) is 0. The largest absolute Gasteiger partial charge is 0.383 e. The Balaban J connectivity index is 2.69. The molecule has 0 unspecified atom stereocenters. The molecule has 0 aromatic carbocycles. The normalized spacial score (nSPS) is 10.4. The van der Waals surface area contributed by atoms with Gasteiger partial charge in [0.1, 0.15) is 0 Å². The number of rotatable bonds is 8. The predicted octanol–water partition coefficient (Wildman–Crippen LogP) is -0.157. The Hall–Kier alpha value is -0.160. The molecule has 11 heavy (non-hydrogen) atoms. The van der Waals surface area contributed by atoms with Crippen LogP contribution in [0.4, 0.5) is 0 Å². The molecule has 4 nitrogen and oxygen atoms in total. The number of hydrogen-bond acceptors (Lipinski definition) is 4. The van der Waals surface area contributed by atoms with Crippen LogP contribution in [-0.2, 0) is 14.2 Å². The van der Waals surface area contributed by atoms with Gasteiger partial charge in [-0.15, -0.1) is 0 Å². The molecule has 0 heterocycles. The van der Waals surface area contributed by atoms with E-state index in [1.165, 1.54) is 0 Å². The molecule has 1 N–H and O–H groups in total. The highest BCUT2D eigenvalue weighted by molar-refractivity contribution is 4.36. The van der Waals surface area contributed by atoms with E-state index in [0.717, 1.165) is 6.54 Å². The molecular formula is C7H17NO3. The van der Waals surface area contributed by atoms with Gasteiger partial charge in [-0.05, 0) is 0 Å². The van der Waals surface area contributed by atoms with E-state index in [-0.39, 0.29) is 0 Å². The lowest BCUT2D eigenvalue weighted by atomic mass is 10.7. The first-order chi connectivity index (χ1) is 5.41. The van der Waals surface area contributed by atoms with Gasteiger partial charge in [-0.2, -0.15) is 0 Å². The predicted molar refractivity (Wildman–Crippen MR) is 42.6 cm³/mol. The minimum absolute atomic E-state index is 0.562. The van der Waals surface area contributed by atoms with Crippen molar-refractivity contribution in [1.29, 1.82) is 0 Å². The van der Waals surface area contributed by atoms with Crippen LogP contribution in [0.2, 0.25) is 0 Å². The molecule has 0 amide bonds. The van der Waals surface area contributed by atoms with Crippen molar-refractivity contribution in [1.82, 2.24) is 5.32 Å². The van der Waals surface area contributed by atoms with E-state index in [2.05, 4.69) is 5.32 Å². The molecule has 0 aliphatic heterocycles. The summed E-state index contributed by atoms with van der Waals surface area (Å²) in [5, 5.41) is 3.04. The lowest BCUT2D eigenvalue weighted by molar-refractivity contribution is 0.0578. The summed E-state index contributed by atoms with van der Waals surface area (Å²) in [6, 6.07) is 0. The molecular weight excluding hydrogens is 146 g/mol. The van der Waals surface area contributed by atoms with Gasteiger partial charge in [0.15, 0.2) is 0 Å². The van der Waals surface area contributed by atoms with Gasteiger partial charge in [0.25, 0.3) is 0 Å². The summed E-state index contributed by atoms with van der Waals surface area (Å²) in [5.74, 6) is 0. The fourth-order valence-electron chi connectivity index (χ4n) is 0.533. The molecule has 68 valence electrons. The molecule has 0 rings (SSSR count). The van der Waals surface area contributed by atoms with E-state index in [4.69, 9.17) is 14.2 Å². The van der Waals surface area contributed by atoms with E-state index < -0.39 is 0 Å². The Kier molecular flexibility index (Phi) is 9.70. The Bertz CT molecular complexity index is 62.7. The van der Waals surface area contributed by atoms with E-state index in [1.807, 2.05) is 0 Å². The lowest BCUT2D eigenvalue weighted by Gasteiger charge is -2.04. The minimum Gasteiger partial charge on any atom is -0.383 e. The SMILES string of the molecule is COCCNCOCCOC. The molecule has 0 aliphatic rings. The third kappa shape index (κ3) is 9.84. The van der Waals surface area contributed by atoms with E-state index >= 15 is 0 Å². The molecule has 0 bridgehead atoms. The van der Waals surface area contributed by atoms with Crippen LogP contribution in [0.25, 0.3) is 0 Å². The van der Waals surface area contributed by atoms with E-state index in [1.54, 1.807) is 14.2 Å². The average Bonchev–Trinajstić information content (AvgIpc) is 2.03. The summed E-state index contributed by atoms with van der Waals surface area (Å²) in [6.45, 7) is 3.38. The van der Waals surface area contributed by atoms with Crippen molar-refractivity contribution < 1.29 is 14.2 Å². The monoisotopic (exact) mass is 163 g/mol. The second-order valence-electron chi connectivity index (χ2n) is 2.04. The number of methoxy groups -OCH3 is 2.